The van der Waals surface area contributed by atoms with E-state index in [1.54, 1.807) is 0 Å². The Morgan fingerprint density at radius 1 is 1.35 bits per heavy atom. The predicted molar refractivity (Wildman–Crippen MR) is 77.2 cm³/mol. The number of hydrogen-bond acceptors (Lipinski definition) is 4. The van der Waals surface area contributed by atoms with Crippen molar-refractivity contribution in [2.24, 2.45) is 17.6 Å². The van der Waals surface area contributed by atoms with E-state index >= 15 is 0 Å². The van der Waals surface area contributed by atoms with Crippen molar-refractivity contribution in [1.29, 1.82) is 0 Å². The maximum absolute atomic E-state index is 11.8. The van der Waals surface area contributed by atoms with Crippen LogP contribution in [0.15, 0.2) is 0 Å². The average Bonchev–Trinajstić information content (AvgIpc) is 2.36. The molecule has 4 N–H and O–H groups in total. The number of nitrogens with two attached hydrogens (primary N) is 1. The molecule has 0 bridgehead atoms. The highest BCUT2D eigenvalue weighted by molar-refractivity contribution is 5.79. The van der Waals surface area contributed by atoms with Crippen LogP contribution >= 0.6 is 0 Å². The first-order valence-electron chi connectivity index (χ1n) is 7.36. The minimum atomic E-state index is -0.844. The van der Waals surface area contributed by atoms with E-state index in [-0.39, 0.29) is 18.5 Å². The topological polar surface area (TPSA) is 95.7 Å². The number of amides is 1. The lowest BCUT2D eigenvalue weighted by atomic mass is 9.97. The van der Waals surface area contributed by atoms with Crippen LogP contribution in [0.3, 0.4) is 0 Å². The fourth-order valence-electron chi connectivity index (χ4n) is 2.45. The van der Waals surface area contributed by atoms with Gasteiger partial charge in [-0.05, 0) is 25.2 Å². The number of rotatable bonds is 7. The Kier molecular flexibility index (Phi) is 6.95. The molecule has 0 aromatic rings. The lowest BCUT2D eigenvalue weighted by Crippen LogP contribution is -2.45. The summed E-state index contributed by atoms with van der Waals surface area (Å²) in [6.07, 6.45) is 2.41. The van der Waals surface area contributed by atoms with E-state index in [9.17, 15) is 9.59 Å². The zero-order chi connectivity index (χ0) is 15.1. The Labute approximate surface area is 120 Å². The van der Waals surface area contributed by atoms with Crippen LogP contribution in [0.5, 0.6) is 0 Å². The molecule has 0 aromatic carbocycles. The fourth-order valence-corrected chi connectivity index (χ4v) is 2.45. The zero-order valence-corrected chi connectivity index (χ0v) is 12.5. The van der Waals surface area contributed by atoms with Crippen LogP contribution < -0.4 is 11.1 Å². The van der Waals surface area contributed by atoms with Crippen molar-refractivity contribution < 1.29 is 14.7 Å². The van der Waals surface area contributed by atoms with Crippen LogP contribution in [-0.4, -0.2) is 54.1 Å². The Morgan fingerprint density at radius 3 is 2.45 bits per heavy atom. The number of nitrogens with zero attached hydrogens (tertiary/aromatic N) is 1. The SMILES string of the molecule is CC(C)CC(CNC(=O)CN1CCC(N)CC1)C(=O)O. The molecule has 0 aliphatic carbocycles. The summed E-state index contributed by atoms with van der Waals surface area (Å²) in [6.45, 7) is 6.18. The van der Waals surface area contributed by atoms with Gasteiger partial charge in [-0.25, -0.2) is 0 Å². The van der Waals surface area contributed by atoms with Crippen molar-refractivity contribution in [1.82, 2.24) is 10.2 Å². The highest BCUT2D eigenvalue weighted by Crippen LogP contribution is 2.11. The van der Waals surface area contributed by atoms with Gasteiger partial charge in [-0.2, -0.15) is 0 Å². The Morgan fingerprint density at radius 2 is 1.95 bits per heavy atom. The zero-order valence-electron chi connectivity index (χ0n) is 12.5. The molecule has 1 fully saturated rings. The third-order valence-electron chi connectivity index (χ3n) is 3.65. The minimum Gasteiger partial charge on any atom is -0.481 e. The van der Waals surface area contributed by atoms with E-state index in [2.05, 4.69) is 10.2 Å². The van der Waals surface area contributed by atoms with Crippen LogP contribution in [0, 0.1) is 11.8 Å². The Hall–Kier alpha value is -1.14. The number of carbonyl (C=O) groups excluding carboxylic acids is 1. The molecule has 1 rings (SSSR count). The van der Waals surface area contributed by atoms with Gasteiger partial charge in [0.2, 0.25) is 5.91 Å². The van der Waals surface area contributed by atoms with Gasteiger partial charge in [-0.1, -0.05) is 13.8 Å². The van der Waals surface area contributed by atoms with Gasteiger partial charge in [0.1, 0.15) is 0 Å². The molecule has 1 aliphatic rings. The number of piperidine rings is 1. The van der Waals surface area contributed by atoms with Gasteiger partial charge >= 0.3 is 5.97 Å². The van der Waals surface area contributed by atoms with Gasteiger partial charge in [-0.3, -0.25) is 14.5 Å². The van der Waals surface area contributed by atoms with Crippen LogP contribution in [0.2, 0.25) is 0 Å². The van der Waals surface area contributed by atoms with Crippen LogP contribution in [0.1, 0.15) is 33.1 Å². The van der Waals surface area contributed by atoms with Crippen LogP contribution in [0.4, 0.5) is 0 Å². The highest BCUT2D eigenvalue weighted by atomic mass is 16.4. The second-order valence-electron chi connectivity index (χ2n) is 6.08. The van der Waals surface area contributed by atoms with Gasteiger partial charge in [0, 0.05) is 25.7 Å². The maximum Gasteiger partial charge on any atom is 0.308 e. The first-order chi connectivity index (χ1) is 9.38. The molecule has 0 saturated carbocycles. The van der Waals surface area contributed by atoms with Crippen molar-refractivity contribution >= 4 is 11.9 Å². The third kappa shape index (κ3) is 6.34. The maximum atomic E-state index is 11.8. The molecule has 0 radical (unpaired) electrons. The quantitative estimate of drug-likeness (QED) is 0.624. The summed E-state index contributed by atoms with van der Waals surface area (Å²) in [7, 11) is 0. The summed E-state index contributed by atoms with van der Waals surface area (Å²) in [5.41, 5.74) is 5.81. The van der Waals surface area contributed by atoms with E-state index in [0.29, 0.717) is 18.9 Å². The molecular formula is C14H27N3O3. The molecule has 6 heteroatoms. The molecule has 1 heterocycles. The second-order valence-corrected chi connectivity index (χ2v) is 6.08. The number of carboxylic acids is 1. The van der Waals surface area contributed by atoms with E-state index in [4.69, 9.17) is 10.8 Å². The molecule has 1 unspecified atom stereocenters. The fraction of sp³-hybridized carbons (Fsp3) is 0.857. The van der Waals surface area contributed by atoms with E-state index in [1.807, 2.05) is 13.8 Å². The van der Waals surface area contributed by atoms with Crippen molar-refractivity contribution in [2.75, 3.05) is 26.2 Å². The molecular weight excluding hydrogens is 258 g/mol. The molecule has 1 amide bonds. The number of carbonyl (C=O) groups is 2. The summed E-state index contributed by atoms with van der Waals surface area (Å²) < 4.78 is 0. The second kappa shape index (κ2) is 8.21. The van der Waals surface area contributed by atoms with Gasteiger partial charge in [0.15, 0.2) is 0 Å². The van der Waals surface area contributed by atoms with Crippen molar-refractivity contribution in [2.45, 2.75) is 39.2 Å². The van der Waals surface area contributed by atoms with E-state index < -0.39 is 11.9 Å². The molecule has 0 spiro atoms. The van der Waals surface area contributed by atoms with E-state index in [1.165, 1.54) is 0 Å². The molecule has 0 aromatic heterocycles. The summed E-state index contributed by atoms with van der Waals surface area (Å²) >= 11 is 0. The van der Waals surface area contributed by atoms with E-state index in [0.717, 1.165) is 25.9 Å². The molecule has 20 heavy (non-hydrogen) atoms. The predicted octanol–water partition coefficient (Wildman–Crippen LogP) is 0.273. The molecule has 1 atom stereocenters. The van der Waals surface area contributed by atoms with Gasteiger partial charge in [0.05, 0.1) is 12.5 Å². The standard InChI is InChI=1S/C14H27N3O3/c1-10(2)7-11(14(19)20)8-16-13(18)9-17-5-3-12(15)4-6-17/h10-12H,3-9,15H2,1-2H3,(H,16,18)(H,19,20). The number of carboxylic acid groups (broad SMARTS) is 1. The first kappa shape index (κ1) is 16.9. The lowest BCUT2D eigenvalue weighted by molar-refractivity contribution is -0.142. The monoisotopic (exact) mass is 285 g/mol. The Bertz CT molecular complexity index is 326. The van der Waals surface area contributed by atoms with Gasteiger partial charge < -0.3 is 16.2 Å². The number of aliphatic carboxylic acids is 1. The summed E-state index contributed by atoms with van der Waals surface area (Å²) in [4.78, 5) is 25.0. The van der Waals surface area contributed by atoms with Gasteiger partial charge in [-0.15, -0.1) is 0 Å². The molecule has 6 nitrogen and oxygen atoms in total. The lowest BCUT2D eigenvalue weighted by Gasteiger charge is -2.29. The normalized spacial score (nSPS) is 19.0. The first-order valence-corrected chi connectivity index (χ1v) is 7.36. The molecule has 1 aliphatic heterocycles. The average molecular weight is 285 g/mol. The molecule has 1 saturated heterocycles. The minimum absolute atomic E-state index is 0.101. The Balaban J connectivity index is 2.29. The number of likely N-dealkylation sites (tertiary alicyclic amines) is 1. The smallest absolute Gasteiger partial charge is 0.308 e. The summed E-state index contributed by atoms with van der Waals surface area (Å²) in [5, 5.41) is 11.8. The summed E-state index contributed by atoms with van der Waals surface area (Å²) in [5.74, 6) is -1.15. The highest BCUT2D eigenvalue weighted by Gasteiger charge is 2.21. The molecule has 116 valence electrons. The van der Waals surface area contributed by atoms with Crippen LogP contribution in [-0.2, 0) is 9.59 Å². The van der Waals surface area contributed by atoms with Crippen molar-refractivity contribution in [3.05, 3.63) is 0 Å². The van der Waals surface area contributed by atoms with Crippen LogP contribution in [0.25, 0.3) is 0 Å². The largest absolute Gasteiger partial charge is 0.481 e. The number of nitrogens with one attached hydrogen (secondary N) is 1. The number of hydrogen-bond donors (Lipinski definition) is 3. The van der Waals surface area contributed by atoms with Crippen molar-refractivity contribution in [3.63, 3.8) is 0 Å². The third-order valence-corrected chi connectivity index (χ3v) is 3.65. The van der Waals surface area contributed by atoms with Gasteiger partial charge in [0.25, 0.3) is 0 Å². The van der Waals surface area contributed by atoms with Crippen molar-refractivity contribution in [3.8, 4) is 0 Å². The summed E-state index contributed by atoms with van der Waals surface area (Å²) in [6, 6.07) is 0.247.